The summed E-state index contributed by atoms with van der Waals surface area (Å²) in [5, 5.41) is 13.7. The summed E-state index contributed by atoms with van der Waals surface area (Å²) in [6.45, 7) is 2.82. The number of aliphatic hydroxyl groups is 1. The number of H-pyrrole nitrogens is 1. The van der Waals surface area contributed by atoms with Crippen molar-refractivity contribution >= 4 is 17.1 Å². The first-order valence-corrected chi connectivity index (χ1v) is 9.83. The van der Waals surface area contributed by atoms with E-state index < -0.39 is 17.4 Å². The Morgan fingerprint density at radius 1 is 1.23 bits per heavy atom. The molecule has 3 rings (SSSR count). The normalized spacial score (nSPS) is 12.1. The van der Waals surface area contributed by atoms with E-state index in [0.29, 0.717) is 24.0 Å². The number of ether oxygens (including phenoxy) is 2. The molecule has 3 N–H and O–H groups in total. The molecule has 0 unspecified atom stereocenters. The van der Waals surface area contributed by atoms with E-state index in [4.69, 9.17) is 9.47 Å². The molecule has 0 fully saturated rings. The van der Waals surface area contributed by atoms with Crippen LogP contribution in [0.2, 0.25) is 0 Å². The highest BCUT2D eigenvalue weighted by Crippen LogP contribution is 2.19. The van der Waals surface area contributed by atoms with E-state index in [9.17, 15) is 14.7 Å². The van der Waals surface area contributed by atoms with Crippen molar-refractivity contribution in [1.29, 1.82) is 0 Å². The number of benzene rings is 1. The quantitative estimate of drug-likeness (QED) is 0.422. The third-order valence-electron chi connectivity index (χ3n) is 4.72. The molecule has 0 amide bonds. The van der Waals surface area contributed by atoms with E-state index in [0.717, 1.165) is 12.8 Å². The molecule has 0 radical (unpaired) electrons. The van der Waals surface area contributed by atoms with Crippen molar-refractivity contribution in [2.24, 2.45) is 7.05 Å². The van der Waals surface area contributed by atoms with Gasteiger partial charge in [-0.15, -0.1) is 0 Å². The molecule has 1 atom stereocenters. The number of rotatable bonds is 10. The van der Waals surface area contributed by atoms with Crippen LogP contribution in [0.3, 0.4) is 0 Å². The Morgan fingerprint density at radius 2 is 1.93 bits per heavy atom. The van der Waals surface area contributed by atoms with Crippen molar-refractivity contribution in [1.82, 2.24) is 19.1 Å². The fourth-order valence-electron chi connectivity index (χ4n) is 3.05. The number of hydrogen-bond acceptors (Lipinski definition) is 7. The molecule has 10 heteroatoms. The molecular weight excluding hydrogens is 390 g/mol. The molecule has 0 aliphatic heterocycles. The molecule has 0 spiro atoms. The summed E-state index contributed by atoms with van der Waals surface area (Å²) in [5.41, 5.74) is -0.612. The van der Waals surface area contributed by atoms with Gasteiger partial charge in [-0.3, -0.25) is 14.3 Å². The van der Waals surface area contributed by atoms with Gasteiger partial charge in [0, 0.05) is 13.6 Å². The smallest absolute Gasteiger partial charge is 0.329 e. The number of anilines is 1. The van der Waals surface area contributed by atoms with Crippen LogP contribution in [-0.2, 0) is 13.6 Å². The van der Waals surface area contributed by atoms with E-state index in [1.807, 2.05) is 0 Å². The fraction of sp³-hybridized carbons (Fsp3) is 0.450. The first kappa shape index (κ1) is 21.4. The lowest BCUT2D eigenvalue weighted by Gasteiger charge is -2.16. The van der Waals surface area contributed by atoms with Gasteiger partial charge in [0.2, 0.25) is 5.95 Å². The average molecular weight is 417 g/mol. The maximum atomic E-state index is 12.5. The summed E-state index contributed by atoms with van der Waals surface area (Å²) in [4.78, 5) is 31.1. The largest absolute Gasteiger partial charge is 0.497 e. The third-order valence-corrected chi connectivity index (χ3v) is 4.72. The van der Waals surface area contributed by atoms with E-state index in [1.54, 1.807) is 35.9 Å². The van der Waals surface area contributed by atoms with Gasteiger partial charge in [0.1, 0.15) is 24.2 Å². The number of aryl methyl sites for hydroxylation is 1. The van der Waals surface area contributed by atoms with E-state index >= 15 is 0 Å². The monoisotopic (exact) mass is 417 g/mol. The minimum atomic E-state index is -0.909. The summed E-state index contributed by atoms with van der Waals surface area (Å²) in [6, 6.07) is 7.02. The summed E-state index contributed by atoms with van der Waals surface area (Å²) < 4.78 is 13.6. The number of methoxy groups -OCH3 is 1. The van der Waals surface area contributed by atoms with Crippen molar-refractivity contribution in [2.45, 2.75) is 32.4 Å². The molecule has 2 aromatic heterocycles. The molecule has 0 aliphatic rings. The van der Waals surface area contributed by atoms with Crippen LogP contribution >= 0.6 is 0 Å². The zero-order valence-electron chi connectivity index (χ0n) is 17.3. The Morgan fingerprint density at radius 3 is 2.60 bits per heavy atom. The van der Waals surface area contributed by atoms with E-state index in [2.05, 4.69) is 22.2 Å². The number of imidazole rings is 1. The Kier molecular flexibility index (Phi) is 6.78. The summed E-state index contributed by atoms with van der Waals surface area (Å²) in [5.74, 6) is 1.72. The lowest BCUT2D eigenvalue weighted by atomic mass is 10.3. The Bertz CT molecular complexity index is 1100. The van der Waals surface area contributed by atoms with Crippen molar-refractivity contribution in [3.63, 3.8) is 0 Å². The predicted octanol–water partition coefficient (Wildman–Crippen LogP) is 1.08. The van der Waals surface area contributed by atoms with Gasteiger partial charge < -0.3 is 24.5 Å². The van der Waals surface area contributed by atoms with Crippen molar-refractivity contribution in [3.8, 4) is 11.5 Å². The second kappa shape index (κ2) is 9.49. The van der Waals surface area contributed by atoms with Crippen LogP contribution in [0.4, 0.5) is 5.95 Å². The maximum Gasteiger partial charge on any atom is 0.329 e. The Hall–Kier alpha value is -3.27. The number of aliphatic hydroxyl groups excluding tert-OH is 1. The van der Waals surface area contributed by atoms with Gasteiger partial charge in [-0.05, 0) is 30.7 Å². The van der Waals surface area contributed by atoms with Gasteiger partial charge in [0.25, 0.3) is 5.56 Å². The summed E-state index contributed by atoms with van der Waals surface area (Å²) >= 11 is 0. The molecule has 10 nitrogen and oxygen atoms in total. The van der Waals surface area contributed by atoms with Crippen molar-refractivity contribution < 1.29 is 14.6 Å². The van der Waals surface area contributed by atoms with Crippen LogP contribution in [0, 0.1) is 0 Å². The molecular formula is C20H27N5O5. The lowest BCUT2D eigenvalue weighted by molar-refractivity contribution is 0.0938. The number of hydrogen-bond donors (Lipinski definition) is 3. The maximum absolute atomic E-state index is 12.5. The van der Waals surface area contributed by atoms with Gasteiger partial charge in [0.05, 0.1) is 13.7 Å². The van der Waals surface area contributed by atoms with Crippen LogP contribution in [-0.4, -0.2) is 50.6 Å². The van der Waals surface area contributed by atoms with Crippen LogP contribution < -0.4 is 26.0 Å². The van der Waals surface area contributed by atoms with Gasteiger partial charge >= 0.3 is 5.69 Å². The van der Waals surface area contributed by atoms with Gasteiger partial charge in [-0.25, -0.2) is 4.79 Å². The zero-order valence-corrected chi connectivity index (χ0v) is 17.3. The number of nitrogens with one attached hydrogen (secondary N) is 2. The minimum Gasteiger partial charge on any atom is -0.497 e. The van der Waals surface area contributed by atoms with Crippen LogP contribution in [0.5, 0.6) is 11.5 Å². The molecule has 0 aliphatic carbocycles. The third kappa shape index (κ3) is 4.65. The Balaban J connectivity index is 1.83. The molecule has 0 saturated carbocycles. The van der Waals surface area contributed by atoms with Crippen molar-refractivity contribution in [3.05, 3.63) is 45.1 Å². The first-order chi connectivity index (χ1) is 14.4. The molecule has 30 heavy (non-hydrogen) atoms. The Labute approximate surface area is 173 Å². The van der Waals surface area contributed by atoms with E-state index in [-0.39, 0.29) is 24.3 Å². The molecule has 0 saturated heterocycles. The number of unbranched alkanes of at least 4 members (excludes halogenated alkanes) is 1. The summed E-state index contributed by atoms with van der Waals surface area (Å²) in [6.07, 6.45) is 1.000. The number of fused-ring (bicyclic) bond motifs is 1. The molecule has 3 aromatic rings. The van der Waals surface area contributed by atoms with Gasteiger partial charge in [-0.1, -0.05) is 13.3 Å². The van der Waals surface area contributed by atoms with Crippen LogP contribution in [0.25, 0.3) is 11.2 Å². The molecule has 0 bridgehead atoms. The van der Waals surface area contributed by atoms with Crippen LogP contribution in [0.1, 0.15) is 19.8 Å². The number of aromatic amines is 1. The van der Waals surface area contributed by atoms with Crippen LogP contribution in [0.15, 0.2) is 33.9 Å². The number of aromatic nitrogens is 4. The second-order valence-corrected chi connectivity index (χ2v) is 6.96. The highest BCUT2D eigenvalue weighted by atomic mass is 16.5. The molecule has 2 heterocycles. The average Bonchev–Trinajstić information content (AvgIpc) is 3.10. The zero-order chi connectivity index (χ0) is 21.7. The SMILES string of the molecule is CCCCNc1nc2c(c(=O)[nH]c(=O)n2C)n1C[C@H](O)COc1ccc(OC)cc1. The van der Waals surface area contributed by atoms with Gasteiger partial charge in [-0.2, -0.15) is 4.98 Å². The molecule has 1 aromatic carbocycles. The predicted molar refractivity (Wildman–Crippen MR) is 113 cm³/mol. The topological polar surface area (TPSA) is 123 Å². The number of nitrogens with zero attached hydrogens (tertiary/aromatic N) is 3. The highest BCUT2D eigenvalue weighted by Gasteiger charge is 2.19. The lowest BCUT2D eigenvalue weighted by Crippen LogP contribution is -2.31. The van der Waals surface area contributed by atoms with E-state index in [1.165, 1.54) is 11.6 Å². The summed E-state index contributed by atoms with van der Waals surface area (Å²) in [7, 11) is 3.12. The second-order valence-electron chi connectivity index (χ2n) is 6.96. The molecule has 162 valence electrons. The minimum absolute atomic E-state index is 0.0179. The standard InChI is InChI=1S/C20H27N5O5/c1-4-5-10-21-19-22-17-16(18(27)23-20(28)24(17)2)25(19)11-13(26)12-30-15-8-6-14(29-3)7-9-15/h6-9,13,26H,4-5,10-12H2,1-3H3,(H,21,22)(H,23,27,28)/t13-/m0/s1. The first-order valence-electron chi connectivity index (χ1n) is 9.83. The van der Waals surface area contributed by atoms with Gasteiger partial charge in [0.15, 0.2) is 11.2 Å². The van der Waals surface area contributed by atoms with Crippen molar-refractivity contribution in [2.75, 3.05) is 25.6 Å². The fourth-order valence-corrected chi connectivity index (χ4v) is 3.05. The highest BCUT2D eigenvalue weighted by molar-refractivity contribution is 5.74.